The number of amides is 1. The minimum absolute atomic E-state index is 0.00758. The van der Waals surface area contributed by atoms with Gasteiger partial charge < -0.3 is 14.3 Å². The highest BCUT2D eigenvalue weighted by Crippen LogP contribution is 2.34. The number of methoxy groups -OCH3 is 1. The van der Waals surface area contributed by atoms with Gasteiger partial charge in [-0.25, -0.2) is 5.43 Å². The number of phenolic OH excluding ortho intramolecular Hbond substituents is 1. The van der Waals surface area contributed by atoms with Crippen molar-refractivity contribution in [3.8, 4) is 11.5 Å². The van der Waals surface area contributed by atoms with Gasteiger partial charge in [0.2, 0.25) is 0 Å². The summed E-state index contributed by atoms with van der Waals surface area (Å²) in [6.45, 7) is 3.49. The number of nitrogens with zero attached hydrogens (tertiary/aromatic N) is 1. The van der Waals surface area contributed by atoms with Crippen LogP contribution in [0.3, 0.4) is 0 Å². The smallest absolute Gasteiger partial charge is 0.274 e. The molecule has 1 heterocycles. The van der Waals surface area contributed by atoms with Crippen molar-refractivity contribution >= 4 is 28.1 Å². The van der Waals surface area contributed by atoms with Crippen LogP contribution in [0.25, 0.3) is 0 Å². The number of aromatic hydroxyl groups is 1. The van der Waals surface area contributed by atoms with E-state index in [1.807, 2.05) is 0 Å². The van der Waals surface area contributed by atoms with E-state index in [-0.39, 0.29) is 11.7 Å². The van der Waals surface area contributed by atoms with E-state index < -0.39 is 0 Å². The van der Waals surface area contributed by atoms with Crippen molar-refractivity contribution in [1.82, 2.24) is 5.43 Å². The number of hydrazone groups is 1. The maximum Gasteiger partial charge on any atom is 0.274 e. The molecular formula is C15H15BrN2O4. The van der Waals surface area contributed by atoms with Gasteiger partial charge in [-0.1, -0.05) is 0 Å². The van der Waals surface area contributed by atoms with Gasteiger partial charge in [-0.15, -0.1) is 0 Å². The summed E-state index contributed by atoms with van der Waals surface area (Å²) < 4.78 is 10.8. The first-order valence-corrected chi connectivity index (χ1v) is 7.18. The molecule has 0 aliphatic rings. The summed E-state index contributed by atoms with van der Waals surface area (Å²) in [5, 5.41) is 13.6. The Morgan fingerprint density at radius 2 is 2.14 bits per heavy atom. The van der Waals surface area contributed by atoms with Crippen LogP contribution in [0.15, 0.2) is 32.2 Å². The molecule has 0 atom stereocenters. The van der Waals surface area contributed by atoms with Crippen LogP contribution >= 0.6 is 15.9 Å². The topological polar surface area (TPSA) is 84.1 Å². The van der Waals surface area contributed by atoms with Crippen molar-refractivity contribution in [3.63, 3.8) is 0 Å². The zero-order valence-electron chi connectivity index (χ0n) is 12.3. The van der Waals surface area contributed by atoms with Gasteiger partial charge in [-0.3, -0.25) is 4.79 Å². The molecule has 0 spiro atoms. The van der Waals surface area contributed by atoms with E-state index in [0.717, 1.165) is 0 Å². The SMILES string of the molecule is COc1cc(C=NNC(=O)c2cc(C)oc2C)cc(Br)c1O. The first-order chi connectivity index (χ1) is 10.4. The summed E-state index contributed by atoms with van der Waals surface area (Å²) >= 11 is 3.22. The normalized spacial score (nSPS) is 10.9. The fourth-order valence-electron chi connectivity index (χ4n) is 1.91. The molecule has 116 valence electrons. The van der Waals surface area contributed by atoms with E-state index in [9.17, 15) is 9.90 Å². The number of rotatable bonds is 4. The minimum Gasteiger partial charge on any atom is -0.503 e. The maximum absolute atomic E-state index is 12.0. The first-order valence-electron chi connectivity index (χ1n) is 6.39. The summed E-state index contributed by atoms with van der Waals surface area (Å²) in [4.78, 5) is 12.0. The molecule has 7 heteroatoms. The lowest BCUT2D eigenvalue weighted by molar-refractivity contribution is 0.0953. The highest BCUT2D eigenvalue weighted by molar-refractivity contribution is 9.10. The van der Waals surface area contributed by atoms with Crippen LogP contribution in [0.1, 0.15) is 27.4 Å². The molecule has 6 nitrogen and oxygen atoms in total. The molecular weight excluding hydrogens is 352 g/mol. The molecule has 0 unspecified atom stereocenters. The number of furan rings is 1. The van der Waals surface area contributed by atoms with Crippen LogP contribution in [0.2, 0.25) is 0 Å². The zero-order valence-corrected chi connectivity index (χ0v) is 13.9. The van der Waals surface area contributed by atoms with Crippen molar-refractivity contribution in [3.05, 3.63) is 45.3 Å². The number of nitrogens with one attached hydrogen (secondary N) is 1. The average Bonchev–Trinajstić information content (AvgIpc) is 2.81. The molecule has 1 aromatic carbocycles. The molecule has 1 aromatic heterocycles. The van der Waals surface area contributed by atoms with Gasteiger partial charge >= 0.3 is 0 Å². The number of carbonyl (C=O) groups excluding carboxylic acids is 1. The van der Waals surface area contributed by atoms with Crippen molar-refractivity contribution in [1.29, 1.82) is 0 Å². The standard InChI is InChI=1S/C15H15BrN2O4/c1-8-4-11(9(2)22-8)15(20)18-17-7-10-5-12(16)14(19)13(6-10)21-3/h4-7,19H,1-3H3,(H,18,20). The van der Waals surface area contributed by atoms with Gasteiger partial charge in [0.25, 0.3) is 5.91 Å². The van der Waals surface area contributed by atoms with E-state index in [1.165, 1.54) is 13.3 Å². The highest BCUT2D eigenvalue weighted by Gasteiger charge is 2.12. The molecule has 0 fully saturated rings. The Kier molecular flexibility index (Phi) is 4.87. The number of ether oxygens (including phenoxy) is 1. The largest absolute Gasteiger partial charge is 0.503 e. The Balaban J connectivity index is 2.11. The Morgan fingerprint density at radius 1 is 1.41 bits per heavy atom. The van der Waals surface area contributed by atoms with Gasteiger partial charge in [-0.05, 0) is 53.5 Å². The van der Waals surface area contributed by atoms with Crippen molar-refractivity contribution in [2.24, 2.45) is 5.10 Å². The van der Waals surface area contributed by atoms with Gasteiger partial charge in [0.05, 0.1) is 23.4 Å². The molecule has 0 saturated heterocycles. The second kappa shape index (κ2) is 6.65. The average molecular weight is 367 g/mol. The van der Waals surface area contributed by atoms with E-state index >= 15 is 0 Å². The van der Waals surface area contributed by atoms with E-state index in [1.54, 1.807) is 32.0 Å². The Bertz CT molecular complexity index is 737. The zero-order chi connectivity index (χ0) is 16.3. The quantitative estimate of drug-likeness (QED) is 0.642. The molecule has 0 radical (unpaired) electrons. The monoisotopic (exact) mass is 366 g/mol. The van der Waals surface area contributed by atoms with E-state index in [4.69, 9.17) is 9.15 Å². The lowest BCUT2D eigenvalue weighted by Gasteiger charge is -2.06. The fourth-order valence-corrected chi connectivity index (χ4v) is 2.37. The minimum atomic E-state index is -0.351. The predicted molar refractivity (Wildman–Crippen MR) is 85.6 cm³/mol. The van der Waals surface area contributed by atoms with Gasteiger partial charge in [-0.2, -0.15) is 5.10 Å². The summed E-state index contributed by atoms with van der Waals surface area (Å²) in [6.07, 6.45) is 1.45. The van der Waals surface area contributed by atoms with Gasteiger partial charge in [0.1, 0.15) is 11.5 Å². The van der Waals surface area contributed by atoms with Crippen LogP contribution < -0.4 is 10.2 Å². The van der Waals surface area contributed by atoms with E-state index in [0.29, 0.717) is 32.9 Å². The Labute approximate surface area is 135 Å². The molecule has 2 N–H and O–H groups in total. The van der Waals surface area contributed by atoms with Crippen molar-refractivity contribution in [2.45, 2.75) is 13.8 Å². The van der Waals surface area contributed by atoms with Crippen molar-refractivity contribution in [2.75, 3.05) is 7.11 Å². The lowest BCUT2D eigenvalue weighted by Crippen LogP contribution is -2.17. The molecule has 0 saturated carbocycles. The highest BCUT2D eigenvalue weighted by atomic mass is 79.9. The van der Waals surface area contributed by atoms with Crippen LogP contribution in [0.4, 0.5) is 0 Å². The number of hydrogen-bond donors (Lipinski definition) is 2. The number of benzene rings is 1. The summed E-state index contributed by atoms with van der Waals surface area (Å²) in [7, 11) is 1.45. The third kappa shape index (κ3) is 3.48. The van der Waals surface area contributed by atoms with Crippen LogP contribution in [-0.2, 0) is 0 Å². The number of carbonyl (C=O) groups is 1. The second-order valence-electron chi connectivity index (χ2n) is 4.58. The first kappa shape index (κ1) is 16.1. The van der Waals surface area contributed by atoms with Crippen LogP contribution in [0.5, 0.6) is 11.5 Å². The number of phenols is 1. The molecule has 0 bridgehead atoms. The number of hydrogen-bond acceptors (Lipinski definition) is 5. The third-order valence-corrected chi connectivity index (χ3v) is 3.54. The third-order valence-electron chi connectivity index (χ3n) is 2.94. The summed E-state index contributed by atoms with van der Waals surface area (Å²) in [5.74, 6) is 1.17. The molecule has 2 rings (SSSR count). The van der Waals surface area contributed by atoms with Crippen molar-refractivity contribution < 1.29 is 19.1 Å². The molecule has 0 aliphatic heterocycles. The molecule has 0 aliphatic carbocycles. The molecule has 22 heavy (non-hydrogen) atoms. The fraction of sp³-hybridized carbons (Fsp3) is 0.200. The Hall–Kier alpha value is -2.28. The molecule has 2 aromatic rings. The number of aryl methyl sites for hydroxylation is 2. The summed E-state index contributed by atoms with van der Waals surface area (Å²) in [6, 6.07) is 4.91. The number of halogens is 1. The van der Waals surface area contributed by atoms with Gasteiger partial charge in [0, 0.05) is 0 Å². The second-order valence-corrected chi connectivity index (χ2v) is 5.43. The molecule has 1 amide bonds. The lowest BCUT2D eigenvalue weighted by atomic mass is 10.2. The van der Waals surface area contributed by atoms with Gasteiger partial charge in [0.15, 0.2) is 11.5 Å². The van der Waals surface area contributed by atoms with Crippen LogP contribution in [0, 0.1) is 13.8 Å². The predicted octanol–water partition coefficient (Wildman–Crippen LogP) is 3.14. The Morgan fingerprint density at radius 3 is 2.73 bits per heavy atom. The maximum atomic E-state index is 12.0. The van der Waals surface area contributed by atoms with Crippen LogP contribution in [-0.4, -0.2) is 24.3 Å². The van der Waals surface area contributed by atoms with E-state index in [2.05, 4.69) is 26.5 Å². The summed E-state index contributed by atoms with van der Waals surface area (Å²) in [5.41, 5.74) is 3.52.